The molecule has 0 saturated carbocycles. The van der Waals surface area contributed by atoms with E-state index in [1.807, 2.05) is 0 Å². The molecule has 0 spiro atoms. The Morgan fingerprint density at radius 2 is 1.69 bits per heavy atom. The summed E-state index contributed by atoms with van der Waals surface area (Å²) < 4.78 is 54.6. The largest absolute Gasteiger partial charge is 0.495 e. The first-order valence-corrected chi connectivity index (χ1v) is 13.8. The highest BCUT2D eigenvalue weighted by atomic mass is 35.5. The lowest BCUT2D eigenvalue weighted by molar-refractivity contribution is -0.122. The summed E-state index contributed by atoms with van der Waals surface area (Å²) in [7, 11) is -5.71. The zero-order valence-corrected chi connectivity index (χ0v) is 20.9. The standard InChI is InChI=1S/C21H27ClN2O6S2/c1-6-19(24(32(5,28)29)16-9-12-20(30-3)18(22)13-16)21(25)23-14(2)15-7-10-17(11-8-15)31(4,26)27/h7-14,19H,6H2,1-5H3,(H,23,25)/t14-,19-/m0/s1. The monoisotopic (exact) mass is 502 g/mol. The van der Waals surface area contributed by atoms with E-state index in [-0.39, 0.29) is 22.0 Å². The summed E-state index contributed by atoms with van der Waals surface area (Å²) in [4.78, 5) is 13.3. The molecule has 0 aliphatic heterocycles. The van der Waals surface area contributed by atoms with Crippen molar-refractivity contribution in [1.29, 1.82) is 0 Å². The van der Waals surface area contributed by atoms with Crippen molar-refractivity contribution in [3.63, 3.8) is 0 Å². The highest BCUT2D eigenvalue weighted by Crippen LogP contribution is 2.32. The molecule has 0 saturated heterocycles. The van der Waals surface area contributed by atoms with Crippen LogP contribution < -0.4 is 14.4 Å². The van der Waals surface area contributed by atoms with Gasteiger partial charge in [-0.05, 0) is 49.2 Å². The molecule has 0 heterocycles. The van der Waals surface area contributed by atoms with Crippen LogP contribution in [0.3, 0.4) is 0 Å². The van der Waals surface area contributed by atoms with Crippen molar-refractivity contribution in [3.05, 3.63) is 53.1 Å². The number of anilines is 1. The number of methoxy groups -OCH3 is 1. The second-order valence-corrected chi connectivity index (χ2v) is 11.7. The van der Waals surface area contributed by atoms with E-state index < -0.39 is 37.9 Å². The molecule has 0 radical (unpaired) electrons. The number of nitrogens with zero attached hydrogens (tertiary/aromatic N) is 1. The van der Waals surface area contributed by atoms with Gasteiger partial charge in [0.05, 0.1) is 35.0 Å². The number of benzene rings is 2. The smallest absolute Gasteiger partial charge is 0.244 e. The molecule has 11 heteroatoms. The number of hydrogen-bond donors (Lipinski definition) is 1. The van der Waals surface area contributed by atoms with Gasteiger partial charge in [-0.15, -0.1) is 0 Å². The van der Waals surface area contributed by atoms with E-state index >= 15 is 0 Å². The lowest BCUT2D eigenvalue weighted by Gasteiger charge is -2.31. The van der Waals surface area contributed by atoms with Crippen molar-refractivity contribution in [2.75, 3.05) is 23.9 Å². The number of carbonyl (C=O) groups is 1. The van der Waals surface area contributed by atoms with Gasteiger partial charge in [0.15, 0.2) is 9.84 Å². The van der Waals surface area contributed by atoms with E-state index in [1.54, 1.807) is 26.0 Å². The maximum Gasteiger partial charge on any atom is 0.244 e. The van der Waals surface area contributed by atoms with Gasteiger partial charge in [0.25, 0.3) is 0 Å². The van der Waals surface area contributed by atoms with Crippen LogP contribution in [-0.4, -0.2) is 48.4 Å². The molecule has 32 heavy (non-hydrogen) atoms. The Labute approximate surface area is 194 Å². The zero-order chi connectivity index (χ0) is 24.3. The van der Waals surface area contributed by atoms with E-state index in [0.717, 1.165) is 16.8 Å². The topological polar surface area (TPSA) is 110 Å². The number of carbonyl (C=O) groups excluding carboxylic acids is 1. The van der Waals surface area contributed by atoms with Crippen molar-refractivity contribution in [2.45, 2.75) is 37.2 Å². The van der Waals surface area contributed by atoms with Crippen molar-refractivity contribution >= 4 is 43.1 Å². The number of sulfone groups is 1. The highest BCUT2D eigenvalue weighted by Gasteiger charge is 2.32. The van der Waals surface area contributed by atoms with Gasteiger partial charge in [-0.3, -0.25) is 9.10 Å². The van der Waals surface area contributed by atoms with Gasteiger partial charge in [0, 0.05) is 6.26 Å². The summed E-state index contributed by atoms with van der Waals surface area (Å²) in [6.45, 7) is 3.44. The first kappa shape index (κ1) is 26.0. The minimum Gasteiger partial charge on any atom is -0.495 e. The quantitative estimate of drug-likeness (QED) is 0.564. The first-order chi connectivity index (χ1) is 14.8. The lowest BCUT2D eigenvalue weighted by Crippen LogP contribution is -2.49. The van der Waals surface area contributed by atoms with Gasteiger partial charge in [-0.1, -0.05) is 30.7 Å². The minimum absolute atomic E-state index is 0.172. The predicted molar refractivity (Wildman–Crippen MR) is 126 cm³/mol. The van der Waals surface area contributed by atoms with E-state index in [9.17, 15) is 21.6 Å². The SMILES string of the molecule is CC[C@@H](C(=O)N[C@@H](C)c1ccc(S(C)(=O)=O)cc1)N(c1ccc(OC)c(Cl)c1)S(C)(=O)=O. The maximum atomic E-state index is 13.1. The van der Waals surface area contributed by atoms with Gasteiger partial charge in [-0.2, -0.15) is 0 Å². The Kier molecular flexibility index (Phi) is 8.19. The molecule has 0 aliphatic carbocycles. The Morgan fingerprint density at radius 1 is 1.09 bits per heavy atom. The summed E-state index contributed by atoms with van der Waals surface area (Å²) in [6.07, 6.45) is 2.35. The fourth-order valence-electron chi connectivity index (χ4n) is 3.25. The van der Waals surface area contributed by atoms with Gasteiger partial charge in [0.2, 0.25) is 15.9 Å². The van der Waals surface area contributed by atoms with E-state index in [0.29, 0.717) is 11.3 Å². The lowest BCUT2D eigenvalue weighted by atomic mass is 10.1. The van der Waals surface area contributed by atoms with Crippen LogP contribution in [0.15, 0.2) is 47.4 Å². The highest BCUT2D eigenvalue weighted by molar-refractivity contribution is 7.92. The molecule has 2 aromatic rings. The third-order valence-electron chi connectivity index (χ3n) is 4.89. The molecular formula is C21H27ClN2O6S2. The van der Waals surface area contributed by atoms with Crippen LogP contribution in [0.2, 0.25) is 5.02 Å². The van der Waals surface area contributed by atoms with Crippen molar-refractivity contribution < 1.29 is 26.4 Å². The molecule has 0 unspecified atom stereocenters. The summed E-state index contributed by atoms with van der Waals surface area (Å²) in [6, 6.07) is 9.14. The molecule has 8 nitrogen and oxygen atoms in total. The molecular weight excluding hydrogens is 476 g/mol. The number of sulfonamides is 1. The Morgan fingerprint density at radius 3 is 2.12 bits per heavy atom. The van der Waals surface area contributed by atoms with Crippen LogP contribution in [0.25, 0.3) is 0 Å². The third kappa shape index (κ3) is 6.14. The van der Waals surface area contributed by atoms with Gasteiger partial charge < -0.3 is 10.1 Å². The normalized spacial score (nSPS) is 13.8. The van der Waals surface area contributed by atoms with Crippen LogP contribution >= 0.6 is 11.6 Å². The van der Waals surface area contributed by atoms with Crippen LogP contribution in [0.5, 0.6) is 5.75 Å². The number of rotatable bonds is 9. The van der Waals surface area contributed by atoms with Crippen LogP contribution in [0.1, 0.15) is 31.9 Å². The summed E-state index contributed by atoms with van der Waals surface area (Å²) in [5.74, 6) is -0.114. The number of amides is 1. The summed E-state index contributed by atoms with van der Waals surface area (Å²) in [5.41, 5.74) is 0.921. The van der Waals surface area contributed by atoms with Crippen molar-refractivity contribution in [3.8, 4) is 5.75 Å². The summed E-state index contributed by atoms with van der Waals surface area (Å²) >= 11 is 6.17. The average molecular weight is 503 g/mol. The zero-order valence-electron chi connectivity index (χ0n) is 18.5. The first-order valence-electron chi connectivity index (χ1n) is 9.73. The molecule has 176 valence electrons. The molecule has 0 bridgehead atoms. The molecule has 2 aromatic carbocycles. The average Bonchev–Trinajstić information content (AvgIpc) is 2.70. The van der Waals surface area contributed by atoms with E-state index in [4.69, 9.17) is 16.3 Å². The number of hydrogen-bond acceptors (Lipinski definition) is 6. The second kappa shape index (κ2) is 10.1. The third-order valence-corrected chi connectivity index (χ3v) is 7.49. The van der Waals surface area contributed by atoms with Gasteiger partial charge >= 0.3 is 0 Å². The maximum absolute atomic E-state index is 13.1. The van der Waals surface area contributed by atoms with Crippen molar-refractivity contribution in [2.24, 2.45) is 0 Å². The summed E-state index contributed by atoms with van der Waals surface area (Å²) in [5, 5.41) is 3.03. The van der Waals surface area contributed by atoms with Crippen LogP contribution in [-0.2, 0) is 24.7 Å². The Balaban J connectivity index is 2.32. The van der Waals surface area contributed by atoms with E-state index in [1.165, 1.54) is 37.4 Å². The number of nitrogens with one attached hydrogen (secondary N) is 1. The number of ether oxygens (including phenoxy) is 1. The minimum atomic E-state index is -3.83. The predicted octanol–water partition coefficient (Wildman–Crippen LogP) is 3.17. The van der Waals surface area contributed by atoms with Gasteiger partial charge in [-0.25, -0.2) is 16.8 Å². The molecule has 0 aromatic heterocycles. The molecule has 1 N–H and O–H groups in total. The van der Waals surface area contributed by atoms with Crippen molar-refractivity contribution in [1.82, 2.24) is 5.32 Å². The number of halogens is 1. The molecule has 0 aliphatic rings. The molecule has 2 atom stereocenters. The van der Waals surface area contributed by atoms with Crippen LogP contribution in [0, 0.1) is 0 Å². The molecule has 2 rings (SSSR count). The van der Waals surface area contributed by atoms with E-state index in [2.05, 4.69) is 5.32 Å². The van der Waals surface area contributed by atoms with Gasteiger partial charge in [0.1, 0.15) is 11.8 Å². The molecule has 0 fully saturated rings. The second-order valence-electron chi connectivity index (χ2n) is 7.37. The molecule has 1 amide bonds. The fourth-order valence-corrected chi connectivity index (χ4v) is 5.34. The fraction of sp³-hybridized carbons (Fsp3) is 0.381. The Hall–Kier alpha value is -2.30. The Bertz CT molecular complexity index is 1180. The van der Waals surface area contributed by atoms with Crippen LogP contribution in [0.4, 0.5) is 5.69 Å².